The third-order valence-corrected chi connectivity index (χ3v) is 7.25. The van der Waals surface area contributed by atoms with Crippen LogP contribution < -0.4 is 10.6 Å². The van der Waals surface area contributed by atoms with Crippen molar-refractivity contribution in [2.75, 3.05) is 13.1 Å². The molecule has 0 radical (unpaired) electrons. The van der Waals surface area contributed by atoms with E-state index in [0.29, 0.717) is 24.9 Å². The second-order valence-electron chi connectivity index (χ2n) is 7.43. The number of aromatic nitrogens is 1. The summed E-state index contributed by atoms with van der Waals surface area (Å²) in [7, 11) is -3.68. The molecule has 1 aromatic carbocycles. The van der Waals surface area contributed by atoms with Crippen LogP contribution in [-0.2, 0) is 26.2 Å². The second-order valence-corrected chi connectivity index (χ2v) is 9.29. The summed E-state index contributed by atoms with van der Waals surface area (Å²) >= 11 is 0. The van der Waals surface area contributed by atoms with Gasteiger partial charge in [0.05, 0.1) is 4.90 Å². The van der Waals surface area contributed by atoms with Gasteiger partial charge in [-0.15, -0.1) is 0 Å². The molecule has 8 nitrogen and oxygen atoms in total. The summed E-state index contributed by atoms with van der Waals surface area (Å²) in [6.45, 7) is 4.32. The quantitative estimate of drug-likeness (QED) is 0.671. The number of sulfonamides is 1. The number of aryl methyl sites for hydroxylation is 2. The molecule has 1 fully saturated rings. The number of benzene rings is 1. The summed E-state index contributed by atoms with van der Waals surface area (Å²) < 4.78 is 27.8. The average Bonchev–Trinajstić information content (AvgIpc) is 3.22. The molecule has 1 atom stereocenters. The number of hydrogen-bond acceptors (Lipinski definition) is 5. The van der Waals surface area contributed by atoms with Crippen molar-refractivity contribution < 1.29 is 18.0 Å². The molecule has 30 heavy (non-hydrogen) atoms. The van der Waals surface area contributed by atoms with Gasteiger partial charge >= 0.3 is 11.8 Å². The van der Waals surface area contributed by atoms with E-state index in [2.05, 4.69) is 15.6 Å². The van der Waals surface area contributed by atoms with Crippen molar-refractivity contribution in [3.63, 3.8) is 0 Å². The number of nitrogens with zero attached hydrogens (tertiary/aromatic N) is 2. The van der Waals surface area contributed by atoms with Crippen molar-refractivity contribution in [2.24, 2.45) is 0 Å². The van der Waals surface area contributed by atoms with E-state index >= 15 is 0 Å². The van der Waals surface area contributed by atoms with E-state index in [-0.39, 0.29) is 24.0 Å². The average molecular weight is 431 g/mol. The number of pyridine rings is 1. The fourth-order valence-corrected chi connectivity index (χ4v) is 5.50. The normalized spacial score (nSPS) is 16.9. The van der Waals surface area contributed by atoms with Crippen LogP contribution in [0, 0.1) is 13.8 Å². The minimum atomic E-state index is -3.68. The molecule has 2 amide bonds. The fourth-order valence-electron chi connectivity index (χ4n) is 3.50. The van der Waals surface area contributed by atoms with E-state index < -0.39 is 21.8 Å². The standard InChI is InChI=1S/C21H26N4O4S/c1-15-5-6-16(2)19(12-15)30(28,29)25-11-3-4-18(25)14-24-21(27)20(26)23-13-17-7-9-22-10-8-17/h5-10,12,18H,3-4,11,13-14H2,1-2H3,(H,23,26)(H,24,27)/t18-/m1/s1. The summed E-state index contributed by atoms with van der Waals surface area (Å²) in [6, 6.07) is 8.44. The first-order valence-corrected chi connectivity index (χ1v) is 11.3. The molecule has 1 aliphatic rings. The third kappa shape index (κ3) is 5.03. The molecule has 0 aliphatic carbocycles. The Hall–Kier alpha value is -2.78. The number of rotatable bonds is 6. The number of nitrogens with one attached hydrogen (secondary N) is 2. The van der Waals surface area contributed by atoms with Gasteiger partial charge in [-0.1, -0.05) is 12.1 Å². The van der Waals surface area contributed by atoms with E-state index in [1.165, 1.54) is 4.31 Å². The Kier molecular flexibility index (Phi) is 6.84. The third-order valence-electron chi connectivity index (χ3n) is 5.16. The van der Waals surface area contributed by atoms with Crippen LogP contribution in [0.25, 0.3) is 0 Å². The molecular weight excluding hydrogens is 404 g/mol. The van der Waals surface area contributed by atoms with Crippen LogP contribution in [0.15, 0.2) is 47.6 Å². The predicted octanol–water partition coefficient (Wildman–Crippen LogP) is 1.28. The van der Waals surface area contributed by atoms with Crippen LogP contribution in [0.3, 0.4) is 0 Å². The zero-order valence-corrected chi connectivity index (χ0v) is 17.9. The summed E-state index contributed by atoms with van der Waals surface area (Å²) in [5, 5.41) is 5.12. The first kappa shape index (κ1) is 21.9. The van der Waals surface area contributed by atoms with Crippen molar-refractivity contribution in [3.05, 3.63) is 59.4 Å². The maximum atomic E-state index is 13.2. The zero-order chi connectivity index (χ0) is 21.7. The van der Waals surface area contributed by atoms with Crippen molar-refractivity contribution in [1.29, 1.82) is 0 Å². The molecule has 2 heterocycles. The van der Waals surface area contributed by atoms with E-state index in [4.69, 9.17) is 0 Å². The molecular formula is C21H26N4O4S. The summed E-state index contributed by atoms with van der Waals surface area (Å²) in [5.74, 6) is -1.53. The van der Waals surface area contributed by atoms with Crippen LogP contribution in [0.4, 0.5) is 0 Å². The van der Waals surface area contributed by atoms with Crippen LogP contribution >= 0.6 is 0 Å². The molecule has 3 rings (SSSR count). The molecule has 160 valence electrons. The molecule has 2 aromatic rings. The van der Waals surface area contributed by atoms with Gasteiger partial charge in [0.25, 0.3) is 0 Å². The Labute approximate surface area is 176 Å². The summed E-state index contributed by atoms with van der Waals surface area (Å²) in [4.78, 5) is 28.4. The van der Waals surface area contributed by atoms with Gasteiger partial charge in [0, 0.05) is 38.1 Å². The van der Waals surface area contributed by atoms with Crippen LogP contribution in [0.2, 0.25) is 0 Å². The highest BCUT2D eigenvalue weighted by Gasteiger charge is 2.36. The van der Waals surface area contributed by atoms with Gasteiger partial charge < -0.3 is 10.6 Å². The maximum Gasteiger partial charge on any atom is 0.309 e. The molecule has 0 bridgehead atoms. The zero-order valence-electron chi connectivity index (χ0n) is 17.1. The van der Waals surface area contributed by atoms with Crippen molar-refractivity contribution in [2.45, 2.75) is 44.2 Å². The molecule has 1 aliphatic heterocycles. The highest BCUT2D eigenvalue weighted by molar-refractivity contribution is 7.89. The van der Waals surface area contributed by atoms with Crippen LogP contribution in [0.5, 0.6) is 0 Å². The number of carbonyl (C=O) groups is 2. The number of hydrogen-bond donors (Lipinski definition) is 2. The van der Waals surface area contributed by atoms with Gasteiger partial charge in [0.2, 0.25) is 10.0 Å². The SMILES string of the molecule is Cc1ccc(C)c(S(=O)(=O)N2CCC[C@@H]2CNC(=O)C(=O)NCc2ccncc2)c1. The Morgan fingerprint density at radius 1 is 1.10 bits per heavy atom. The molecule has 2 N–H and O–H groups in total. The Morgan fingerprint density at radius 3 is 2.53 bits per heavy atom. The smallest absolute Gasteiger partial charge is 0.309 e. The molecule has 9 heteroatoms. The van der Waals surface area contributed by atoms with Gasteiger partial charge in [0.1, 0.15) is 0 Å². The largest absolute Gasteiger partial charge is 0.346 e. The van der Waals surface area contributed by atoms with Crippen LogP contribution in [0.1, 0.15) is 29.5 Å². The fraction of sp³-hybridized carbons (Fsp3) is 0.381. The highest BCUT2D eigenvalue weighted by atomic mass is 32.2. The lowest BCUT2D eigenvalue weighted by Crippen LogP contribution is -2.46. The van der Waals surface area contributed by atoms with Gasteiger partial charge in [-0.05, 0) is 61.6 Å². The predicted molar refractivity (Wildman–Crippen MR) is 112 cm³/mol. The number of amides is 2. The minimum Gasteiger partial charge on any atom is -0.346 e. The number of carbonyl (C=O) groups excluding carboxylic acids is 2. The van der Waals surface area contributed by atoms with Crippen molar-refractivity contribution >= 4 is 21.8 Å². The maximum absolute atomic E-state index is 13.2. The van der Waals surface area contributed by atoms with Gasteiger partial charge in [-0.25, -0.2) is 8.42 Å². The second kappa shape index (κ2) is 9.36. The van der Waals surface area contributed by atoms with Crippen molar-refractivity contribution in [3.8, 4) is 0 Å². The van der Waals surface area contributed by atoms with Gasteiger partial charge in [-0.2, -0.15) is 4.31 Å². The monoisotopic (exact) mass is 430 g/mol. The van der Waals surface area contributed by atoms with E-state index in [9.17, 15) is 18.0 Å². The Morgan fingerprint density at radius 2 is 1.80 bits per heavy atom. The van der Waals surface area contributed by atoms with Crippen LogP contribution in [-0.4, -0.2) is 48.7 Å². The van der Waals surface area contributed by atoms with E-state index in [0.717, 1.165) is 11.1 Å². The first-order valence-electron chi connectivity index (χ1n) is 9.83. The van der Waals surface area contributed by atoms with Gasteiger partial charge in [-0.3, -0.25) is 14.6 Å². The molecule has 0 unspecified atom stereocenters. The summed E-state index contributed by atoms with van der Waals surface area (Å²) in [5.41, 5.74) is 2.38. The lowest BCUT2D eigenvalue weighted by molar-refractivity contribution is -0.139. The molecule has 0 spiro atoms. The molecule has 1 saturated heterocycles. The highest BCUT2D eigenvalue weighted by Crippen LogP contribution is 2.28. The Balaban J connectivity index is 1.60. The topological polar surface area (TPSA) is 108 Å². The Bertz CT molecular complexity index is 1020. The molecule has 0 saturated carbocycles. The lowest BCUT2D eigenvalue weighted by Gasteiger charge is -2.25. The van der Waals surface area contributed by atoms with E-state index in [1.807, 2.05) is 13.0 Å². The molecule has 1 aromatic heterocycles. The van der Waals surface area contributed by atoms with Gasteiger partial charge in [0.15, 0.2) is 0 Å². The minimum absolute atomic E-state index is 0.0889. The first-order chi connectivity index (χ1) is 14.3. The lowest BCUT2D eigenvalue weighted by atomic mass is 10.2. The van der Waals surface area contributed by atoms with Crippen molar-refractivity contribution in [1.82, 2.24) is 19.9 Å². The summed E-state index contributed by atoms with van der Waals surface area (Å²) in [6.07, 6.45) is 4.54. The van der Waals surface area contributed by atoms with E-state index in [1.54, 1.807) is 43.6 Å².